The fourth-order valence-corrected chi connectivity index (χ4v) is 2.20. The molecule has 0 heterocycles. The highest BCUT2D eigenvalue weighted by atomic mass is 79.9. The van der Waals surface area contributed by atoms with Crippen LogP contribution in [0, 0.1) is 0 Å². The van der Waals surface area contributed by atoms with Crippen molar-refractivity contribution in [1.82, 2.24) is 0 Å². The summed E-state index contributed by atoms with van der Waals surface area (Å²) in [7, 11) is 1.60. The smallest absolute Gasteiger partial charge is 0.331 e. The van der Waals surface area contributed by atoms with Gasteiger partial charge >= 0.3 is 5.97 Å². The Balaban J connectivity index is 2.92. The maximum Gasteiger partial charge on any atom is 0.331 e. The molecule has 1 aromatic rings. The van der Waals surface area contributed by atoms with Crippen molar-refractivity contribution in [2.45, 2.75) is 25.8 Å². The van der Waals surface area contributed by atoms with Crippen molar-refractivity contribution in [1.29, 1.82) is 0 Å². The molecule has 0 aromatic heterocycles. The van der Waals surface area contributed by atoms with Gasteiger partial charge in [-0.2, -0.15) is 0 Å². The zero-order valence-corrected chi connectivity index (χ0v) is 14.2. The number of esters is 1. The van der Waals surface area contributed by atoms with E-state index < -0.39 is 5.54 Å². The van der Waals surface area contributed by atoms with Crippen LogP contribution in [-0.2, 0) is 14.3 Å². The van der Waals surface area contributed by atoms with Gasteiger partial charge in [0.15, 0.2) is 0 Å². The highest BCUT2D eigenvalue weighted by molar-refractivity contribution is 9.10. The minimum atomic E-state index is -0.848. The number of carbonyl (C=O) groups excluding carboxylic acids is 1. The molecule has 0 saturated heterocycles. The van der Waals surface area contributed by atoms with E-state index in [2.05, 4.69) is 21.2 Å². The molecule has 1 aromatic carbocycles. The normalized spacial score (nSPS) is 13.7. The number of ether oxygens (including phenoxy) is 2. The molecule has 0 spiro atoms. The molecule has 112 valence electrons. The van der Waals surface area contributed by atoms with Crippen molar-refractivity contribution in [3.05, 3.63) is 27.7 Å². The van der Waals surface area contributed by atoms with Gasteiger partial charge in [0, 0.05) is 30.3 Å². The second-order valence-electron chi connectivity index (χ2n) is 4.55. The van der Waals surface area contributed by atoms with Crippen LogP contribution in [0.4, 0.5) is 5.69 Å². The van der Waals surface area contributed by atoms with Crippen LogP contribution >= 0.6 is 27.5 Å². The van der Waals surface area contributed by atoms with Gasteiger partial charge in [0.05, 0.1) is 11.6 Å². The van der Waals surface area contributed by atoms with Crippen LogP contribution in [-0.4, -0.2) is 31.8 Å². The van der Waals surface area contributed by atoms with Gasteiger partial charge in [-0.25, -0.2) is 4.79 Å². The SMILES string of the molecule is CCOC(=O)C(C)(CCOC)Nc1ccc(Cl)c(Br)c1. The monoisotopic (exact) mass is 363 g/mol. The van der Waals surface area contributed by atoms with Gasteiger partial charge in [0.25, 0.3) is 0 Å². The third-order valence-corrected chi connectivity index (χ3v) is 4.09. The average Bonchev–Trinajstić information content (AvgIpc) is 2.41. The first kappa shape index (κ1) is 17.3. The summed E-state index contributed by atoms with van der Waals surface area (Å²) in [6.45, 7) is 4.38. The number of benzene rings is 1. The molecule has 0 bridgehead atoms. The Morgan fingerprint density at radius 2 is 2.20 bits per heavy atom. The molecule has 4 nitrogen and oxygen atoms in total. The Morgan fingerprint density at radius 1 is 1.50 bits per heavy atom. The van der Waals surface area contributed by atoms with Crippen molar-refractivity contribution >= 4 is 39.2 Å². The van der Waals surface area contributed by atoms with Gasteiger partial charge < -0.3 is 14.8 Å². The number of hydrogen-bond acceptors (Lipinski definition) is 4. The third kappa shape index (κ3) is 4.65. The number of anilines is 1. The fourth-order valence-electron chi connectivity index (χ4n) is 1.70. The quantitative estimate of drug-likeness (QED) is 0.746. The number of halogens is 2. The molecule has 0 radical (unpaired) electrons. The van der Waals surface area contributed by atoms with Crippen LogP contribution in [0.1, 0.15) is 20.3 Å². The Hall–Kier alpha value is -0.780. The van der Waals surface area contributed by atoms with E-state index in [1.54, 1.807) is 27.0 Å². The summed E-state index contributed by atoms with van der Waals surface area (Å²) in [6.07, 6.45) is 0.503. The van der Waals surface area contributed by atoms with Crippen LogP contribution in [0.25, 0.3) is 0 Å². The molecule has 0 aliphatic carbocycles. The minimum absolute atomic E-state index is 0.303. The van der Waals surface area contributed by atoms with Gasteiger partial charge in [-0.05, 0) is 48.0 Å². The number of carbonyl (C=O) groups is 1. The largest absolute Gasteiger partial charge is 0.464 e. The lowest BCUT2D eigenvalue weighted by Gasteiger charge is -2.29. The number of nitrogens with one attached hydrogen (secondary N) is 1. The maximum atomic E-state index is 12.1. The second kappa shape index (κ2) is 7.86. The topological polar surface area (TPSA) is 47.6 Å². The summed E-state index contributed by atoms with van der Waals surface area (Å²) in [5, 5.41) is 3.82. The van der Waals surface area contributed by atoms with E-state index in [1.165, 1.54) is 0 Å². The molecule has 0 amide bonds. The molecule has 0 fully saturated rings. The predicted octanol–water partition coefficient (Wildman–Crippen LogP) is 3.87. The lowest BCUT2D eigenvalue weighted by atomic mass is 9.97. The minimum Gasteiger partial charge on any atom is -0.464 e. The summed E-state index contributed by atoms with van der Waals surface area (Å²) >= 11 is 9.32. The standard InChI is InChI=1S/C14H19BrClNO3/c1-4-20-13(18)14(2,7-8-19-3)17-10-5-6-12(16)11(15)9-10/h5-6,9,17H,4,7-8H2,1-3H3. The number of methoxy groups -OCH3 is 1. The lowest BCUT2D eigenvalue weighted by Crippen LogP contribution is -2.45. The van der Waals surface area contributed by atoms with Crippen molar-refractivity contribution in [2.75, 3.05) is 25.6 Å². The van der Waals surface area contributed by atoms with Crippen LogP contribution in [0.3, 0.4) is 0 Å². The second-order valence-corrected chi connectivity index (χ2v) is 5.81. The first-order chi connectivity index (χ1) is 9.42. The summed E-state index contributed by atoms with van der Waals surface area (Å²) in [5.41, 5.74) is -0.0628. The van der Waals surface area contributed by atoms with Crippen LogP contribution in [0.2, 0.25) is 5.02 Å². The van der Waals surface area contributed by atoms with Crippen molar-refractivity contribution < 1.29 is 14.3 Å². The first-order valence-corrected chi connectivity index (χ1v) is 7.49. The van der Waals surface area contributed by atoms with E-state index in [-0.39, 0.29) is 5.97 Å². The zero-order valence-electron chi connectivity index (χ0n) is 11.8. The molecule has 1 atom stereocenters. The molecular weight excluding hydrogens is 346 g/mol. The highest BCUT2D eigenvalue weighted by Gasteiger charge is 2.34. The molecule has 20 heavy (non-hydrogen) atoms. The summed E-state index contributed by atoms with van der Waals surface area (Å²) in [4.78, 5) is 12.1. The Labute approximate surface area is 132 Å². The lowest BCUT2D eigenvalue weighted by molar-refractivity contribution is -0.148. The third-order valence-electron chi connectivity index (χ3n) is 2.87. The Kier molecular flexibility index (Phi) is 6.79. The molecule has 1 rings (SSSR count). The number of hydrogen-bond donors (Lipinski definition) is 1. The van der Waals surface area contributed by atoms with Crippen LogP contribution < -0.4 is 5.32 Å². The maximum absolute atomic E-state index is 12.1. The van der Waals surface area contributed by atoms with E-state index >= 15 is 0 Å². The van der Waals surface area contributed by atoms with E-state index in [0.717, 1.165) is 10.2 Å². The Morgan fingerprint density at radius 3 is 2.75 bits per heavy atom. The van der Waals surface area contributed by atoms with E-state index in [0.29, 0.717) is 24.7 Å². The first-order valence-electron chi connectivity index (χ1n) is 6.32. The van der Waals surface area contributed by atoms with Gasteiger partial charge in [-0.3, -0.25) is 0 Å². The van der Waals surface area contributed by atoms with E-state index in [4.69, 9.17) is 21.1 Å². The van der Waals surface area contributed by atoms with E-state index in [9.17, 15) is 4.79 Å². The molecular formula is C14H19BrClNO3. The average molecular weight is 365 g/mol. The molecule has 0 aliphatic rings. The highest BCUT2D eigenvalue weighted by Crippen LogP contribution is 2.28. The number of rotatable bonds is 7. The molecule has 0 aliphatic heterocycles. The summed E-state index contributed by atoms with van der Waals surface area (Å²) < 4.78 is 11.0. The van der Waals surface area contributed by atoms with Crippen LogP contribution in [0.5, 0.6) is 0 Å². The summed E-state index contributed by atoms with van der Waals surface area (Å²) in [5.74, 6) is -0.303. The fraction of sp³-hybridized carbons (Fsp3) is 0.500. The van der Waals surface area contributed by atoms with Gasteiger partial charge in [-0.1, -0.05) is 11.6 Å². The molecule has 6 heteroatoms. The molecule has 1 unspecified atom stereocenters. The zero-order chi connectivity index (χ0) is 15.2. The van der Waals surface area contributed by atoms with Crippen molar-refractivity contribution in [3.8, 4) is 0 Å². The van der Waals surface area contributed by atoms with Gasteiger partial charge in [0.1, 0.15) is 5.54 Å². The van der Waals surface area contributed by atoms with E-state index in [1.807, 2.05) is 12.1 Å². The van der Waals surface area contributed by atoms with Gasteiger partial charge in [-0.15, -0.1) is 0 Å². The van der Waals surface area contributed by atoms with Crippen molar-refractivity contribution in [3.63, 3.8) is 0 Å². The van der Waals surface area contributed by atoms with Crippen LogP contribution in [0.15, 0.2) is 22.7 Å². The molecule has 0 saturated carbocycles. The molecule has 1 N–H and O–H groups in total. The predicted molar refractivity (Wildman–Crippen MR) is 84.3 cm³/mol. The van der Waals surface area contributed by atoms with Crippen molar-refractivity contribution in [2.24, 2.45) is 0 Å². The van der Waals surface area contributed by atoms with Gasteiger partial charge in [0.2, 0.25) is 0 Å². The Bertz CT molecular complexity index is 470. The summed E-state index contributed by atoms with van der Waals surface area (Å²) in [6, 6.07) is 5.40.